The molecule has 0 saturated carbocycles. The van der Waals surface area contributed by atoms with Gasteiger partial charge in [0.05, 0.1) is 11.0 Å². The molecule has 0 fully saturated rings. The second-order valence-electron chi connectivity index (χ2n) is 4.36. The molecule has 0 spiro atoms. The summed E-state index contributed by atoms with van der Waals surface area (Å²) < 4.78 is 40.0. The molecule has 6 heteroatoms. The number of rotatable bonds is 5. The highest BCUT2D eigenvalue weighted by molar-refractivity contribution is 5.76. The molecule has 0 aliphatic rings. The van der Waals surface area contributed by atoms with Gasteiger partial charge in [0.2, 0.25) is 5.82 Å². The Morgan fingerprint density at radius 2 is 1.84 bits per heavy atom. The third-order valence-electron chi connectivity index (χ3n) is 2.95. The van der Waals surface area contributed by atoms with Crippen molar-refractivity contribution in [3.63, 3.8) is 0 Å². The summed E-state index contributed by atoms with van der Waals surface area (Å²) in [6.45, 7) is 0.326. The van der Waals surface area contributed by atoms with Gasteiger partial charge in [-0.05, 0) is 31.4 Å². The molecule has 0 aliphatic heterocycles. The van der Waals surface area contributed by atoms with Crippen LogP contribution in [0.15, 0.2) is 24.3 Å². The molecule has 0 unspecified atom stereocenters. The van der Waals surface area contributed by atoms with Crippen molar-refractivity contribution in [3.8, 4) is 0 Å². The van der Waals surface area contributed by atoms with Crippen molar-refractivity contribution in [2.24, 2.45) is 0 Å². The summed E-state index contributed by atoms with van der Waals surface area (Å²) in [7, 11) is 0. The zero-order valence-corrected chi connectivity index (χ0v) is 10.3. The molecule has 1 heterocycles. The standard InChI is InChI=1S/C13H15F3N2O/c14-13(15,16)12-17-10-6-2-3-7-11(10)18(12)8-4-1-5-9-19/h2-3,6-7,19H,1,4-5,8-9H2. The molecule has 1 aromatic carbocycles. The summed E-state index contributed by atoms with van der Waals surface area (Å²) in [5, 5.41) is 8.68. The maximum atomic E-state index is 12.9. The van der Waals surface area contributed by atoms with Crippen LogP contribution in [-0.4, -0.2) is 21.3 Å². The zero-order chi connectivity index (χ0) is 13.9. The minimum atomic E-state index is -4.45. The van der Waals surface area contributed by atoms with Crippen molar-refractivity contribution >= 4 is 11.0 Å². The smallest absolute Gasteiger partial charge is 0.396 e. The Hall–Kier alpha value is -1.56. The lowest BCUT2D eigenvalue weighted by Crippen LogP contribution is -2.15. The van der Waals surface area contributed by atoms with E-state index in [2.05, 4.69) is 4.98 Å². The molecule has 0 atom stereocenters. The van der Waals surface area contributed by atoms with Crippen molar-refractivity contribution in [1.29, 1.82) is 0 Å². The van der Waals surface area contributed by atoms with Crippen LogP contribution in [-0.2, 0) is 12.7 Å². The maximum Gasteiger partial charge on any atom is 0.449 e. The van der Waals surface area contributed by atoms with E-state index in [0.29, 0.717) is 30.3 Å². The Balaban J connectivity index is 2.32. The lowest BCUT2D eigenvalue weighted by Gasteiger charge is -2.11. The van der Waals surface area contributed by atoms with Gasteiger partial charge >= 0.3 is 6.18 Å². The van der Waals surface area contributed by atoms with Crippen LogP contribution in [0.25, 0.3) is 11.0 Å². The minimum absolute atomic E-state index is 0.0663. The van der Waals surface area contributed by atoms with E-state index < -0.39 is 12.0 Å². The molecule has 0 radical (unpaired) electrons. The molecular weight excluding hydrogens is 257 g/mol. The number of unbranched alkanes of at least 4 members (excludes halogenated alkanes) is 2. The number of aromatic nitrogens is 2. The lowest BCUT2D eigenvalue weighted by atomic mass is 10.2. The first-order valence-corrected chi connectivity index (χ1v) is 6.17. The number of aliphatic hydroxyl groups excluding tert-OH is 1. The number of hydrogen-bond donors (Lipinski definition) is 1. The molecule has 0 bridgehead atoms. The number of aryl methyl sites for hydroxylation is 1. The number of benzene rings is 1. The van der Waals surface area contributed by atoms with Gasteiger partial charge in [0.25, 0.3) is 0 Å². The molecule has 0 saturated heterocycles. The Morgan fingerprint density at radius 1 is 1.11 bits per heavy atom. The van der Waals surface area contributed by atoms with Crippen LogP contribution >= 0.6 is 0 Å². The Labute approximate surface area is 108 Å². The summed E-state index contributed by atoms with van der Waals surface area (Å²) in [6, 6.07) is 6.60. The average Bonchev–Trinajstić information content (AvgIpc) is 2.74. The van der Waals surface area contributed by atoms with Gasteiger partial charge in [-0.15, -0.1) is 0 Å². The first kappa shape index (κ1) is 13.9. The van der Waals surface area contributed by atoms with Gasteiger partial charge in [-0.25, -0.2) is 4.98 Å². The van der Waals surface area contributed by atoms with Crippen molar-refractivity contribution in [2.75, 3.05) is 6.61 Å². The molecule has 19 heavy (non-hydrogen) atoms. The first-order chi connectivity index (χ1) is 9.04. The Morgan fingerprint density at radius 3 is 2.53 bits per heavy atom. The fraction of sp³-hybridized carbons (Fsp3) is 0.462. The predicted molar refractivity (Wildman–Crippen MR) is 65.7 cm³/mol. The minimum Gasteiger partial charge on any atom is -0.396 e. The highest BCUT2D eigenvalue weighted by Gasteiger charge is 2.37. The number of para-hydroxylation sites is 2. The number of imidazole rings is 1. The molecule has 3 nitrogen and oxygen atoms in total. The van der Waals surface area contributed by atoms with E-state index in [1.54, 1.807) is 24.3 Å². The first-order valence-electron chi connectivity index (χ1n) is 6.17. The van der Waals surface area contributed by atoms with E-state index in [0.717, 1.165) is 0 Å². The maximum absolute atomic E-state index is 12.9. The predicted octanol–water partition coefficient (Wildman–Crippen LogP) is 3.22. The topological polar surface area (TPSA) is 38.0 Å². The SMILES string of the molecule is OCCCCCn1c(C(F)(F)F)nc2ccccc21. The average molecular weight is 272 g/mol. The highest BCUT2D eigenvalue weighted by atomic mass is 19.4. The fourth-order valence-electron chi connectivity index (χ4n) is 2.08. The molecule has 0 amide bonds. The Kier molecular flexibility index (Phi) is 4.09. The number of hydrogen-bond acceptors (Lipinski definition) is 2. The van der Waals surface area contributed by atoms with Crippen LogP contribution in [0.4, 0.5) is 13.2 Å². The van der Waals surface area contributed by atoms with E-state index >= 15 is 0 Å². The van der Waals surface area contributed by atoms with Gasteiger partial charge in [0.1, 0.15) is 0 Å². The summed E-state index contributed by atoms with van der Waals surface area (Å²) in [4.78, 5) is 3.67. The Bertz CT molecular complexity index is 548. The summed E-state index contributed by atoms with van der Waals surface area (Å²) in [5.74, 6) is -0.849. The fourth-order valence-corrected chi connectivity index (χ4v) is 2.08. The van der Waals surface area contributed by atoms with Crippen LogP contribution in [0.1, 0.15) is 25.1 Å². The van der Waals surface area contributed by atoms with Crippen molar-refractivity contribution in [3.05, 3.63) is 30.1 Å². The molecule has 1 N–H and O–H groups in total. The monoisotopic (exact) mass is 272 g/mol. The van der Waals surface area contributed by atoms with Crippen LogP contribution in [0.5, 0.6) is 0 Å². The molecular formula is C13H15F3N2O. The van der Waals surface area contributed by atoms with Gasteiger partial charge in [-0.2, -0.15) is 13.2 Å². The van der Waals surface area contributed by atoms with Gasteiger partial charge in [0, 0.05) is 13.2 Å². The summed E-state index contributed by atoms with van der Waals surface area (Å²) in [6.07, 6.45) is -2.56. The van der Waals surface area contributed by atoms with Crippen LogP contribution in [0, 0.1) is 0 Å². The summed E-state index contributed by atoms with van der Waals surface area (Å²) >= 11 is 0. The normalized spacial score (nSPS) is 12.2. The van der Waals surface area contributed by atoms with Gasteiger partial charge in [-0.3, -0.25) is 0 Å². The van der Waals surface area contributed by atoms with Crippen molar-refractivity contribution < 1.29 is 18.3 Å². The van der Waals surface area contributed by atoms with E-state index in [4.69, 9.17) is 5.11 Å². The van der Waals surface area contributed by atoms with Crippen LogP contribution < -0.4 is 0 Å². The third-order valence-corrected chi connectivity index (χ3v) is 2.95. The van der Waals surface area contributed by atoms with E-state index in [-0.39, 0.29) is 13.2 Å². The van der Waals surface area contributed by atoms with Crippen molar-refractivity contribution in [2.45, 2.75) is 32.0 Å². The van der Waals surface area contributed by atoms with Crippen LogP contribution in [0.3, 0.4) is 0 Å². The van der Waals surface area contributed by atoms with E-state index in [1.807, 2.05) is 0 Å². The second-order valence-corrected chi connectivity index (χ2v) is 4.36. The second kappa shape index (κ2) is 5.61. The van der Waals surface area contributed by atoms with Gasteiger partial charge in [-0.1, -0.05) is 12.1 Å². The molecule has 2 rings (SSSR count). The van der Waals surface area contributed by atoms with Gasteiger partial charge < -0.3 is 9.67 Å². The molecule has 0 aliphatic carbocycles. The number of nitrogens with zero attached hydrogens (tertiary/aromatic N) is 2. The van der Waals surface area contributed by atoms with E-state index in [1.165, 1.54) is 4.57 Å². The number of aliphatic hydroxyl groups is 1. The quantitative estimate of drug-likeness (QED) is 0.849. The molecule has 104 valence electrons. The number of alkyl halides is 3. The zero-order valence-electron chi connectivity index (χ0n) is 10.3. The van der Waals surface area contributed by atoms with Gasteiger partial charge in [0.15, 0.2) is 0 Å². The molecule has 1 aromatic heterocycles. The van der Waals surface area contributed by atoms with Crippen molar-refractivity contribution in [1.82, 2.24) is 9.55 Å². The highest BCUT2D eigenvalue weighted by Crippen LogP contribution is 2.31. The largest absolute Gasteiger partial charge is 0.449 e. The number of fused-ring (bicyclic) bond motifs is 1. The third kappa shape index (κ3) is 3.07. The molecule has 2 aromatic rings. The van der Waals surface area contributed by atoms with E-state index in [9.17, 15) is 13.2 Å². The van der Waals surface area contributed by atoms with Crippen LogP contribution in [0.2, 0.25) is 0 Å². The lowest BCUT2D eigenvalue weighted by molar-refractivity contribution is -0.147. The number of halogens is 3. The summed E-state index contributed by atoms with van der Waals surface area (Å²) in [5.41, 5.74) is 0.857.